The highest BCUT2D eigenvalue weighted by Crippen LogP contribution is 2.25. The van der Waals surface area contributed by atoms with Crippen LogP contribution in [-0.4, -0.2) is 42.5 Å². The van der Waals surface area contributed by atoms with Crippen LogP contribution in [0.5, 0.6) is 5.75 Å². The van der Waals surface area contributed by atoms with E-state index in [1.807, 2.05) is 29.2 Å². The van der Waals surface area contributed by atoms with Gasteiger partial charge in [0.15, 0.2) is 0 Å². The number of nitrogens with zero attached hydrogens (tertiary/aromatic N) is 2. The van der Waals surface area contributed by atoms with Crippen LogP contribution in [0.1, 0.15) is 22.0 Å². The lowest BCUT2D eigenvalue weighted by Gasteiger charge is -2.36. The molecule has 1 fully saturated rings. The monoisotopic (exact) mass is 297 g/mol. The zero-order valence-corrected chi connectivity index (χ0v) is 12.5. The Labute approximate surface area is 129 Å². The van der Waals surface area contributed by atoms with E-state index in [1.165, 1.54) is 0 Å². The average Bonchev–Trinajstić information content (AvgIpc) is 2.62. The first-order chi connectivity index (χ1) is 10.8. The Balaban J connectivity index is 1.86. The third kappa shape index (κ3) is 2.94. The molecule has 0 radical (unpaired) electrons. The van der Waals surface area contributed by atoms with Crippen molar-refractivity contribution in [1.82, 2.24) is 15.2 Å². The molecule has 0 saturated carbocycles. The van der Waals surface area contributed by atoms with Crippen LogP contribution in [-0.2, 0) is 0 Å². The maximum absolute atomic E-state index is 12.8. The van der Waals surface area contributed by atoms with Gasteiger partial charge in [-0.05, 0) is 29.8 Å². The van der Waals surface area contributed by atoms with E-state index in [0.29, 0.717) is 12.1 Å². The van der Waals surface area contributed by atoms with Crippen LogP contribution >= 0.6 is 0 Å². The summed E-state index contributed by atoms with van der Waals surface area (Å²) in [5, 5.41) is 3.36. The third-order valence-corrected chi connectivity index (χ3v) is 3.93. The van der Waals surface area contributed by atoms with Crippen LogP contribution in [0.25, 0.3) is 0 Å². The zero-order valence-electron chi connectivity index (χ0n) is 12.5. The summed E-state index contributed by atoms with van der Waals surface area (Å²) in [7, 11) is 1.65. The molecule has 2 aromatic rings. The molecule has 0 spiro atoms. The molecule has 1 aliphatic rings. The van der Waals surface area contributed by atoms with Gasteiger partial charge in [-0.25, -0.2) is 0 Å². The highest BCUT2D eigenvalue weighted by Gasteiger charge is 2.28. The largest absolute Gasteiger partial charge is 0.497 e. The molecule has 5 nitrogen and oxygen atoms in total. The van der Waals surface area contributed by atoms with Crippen LogP contribution in [0.3, 0.4) is 0 Å². The fourth-order valence-corrected chi connectivity index (χ4v) is 2.73. The first-order valence-electron chi connectivity index (χ1n) is 7.35. The van der Waals surface area contributed by atoms with Gasteiger partial charge in [0, 0.05) is 37.6 Å². The molecular weight excluding hydrogens is 278 g/mol. The fourth-order valence-electron chi connectivity index (χ4n) is 2.73. The van der Waals surface area contributed by atoms with E-state index in [1.54, 1.807) is 31.6 Å². The van der Waals surface area contributed by atoms with Crippen molar-refractivity contribution < 1.29 is 9.53 Å². The predicted molar refractivity (Wildman–Crippen MR) is 83.9 cm³/mol. The van der Waals surface area contributed by atoms with Gasteiger partial charge in [0.1, 0.15) is 5.75 Å². The maximum atomic E-state index is 12.8. The minimum atomic E-state index is 0.0281. The summed E-state index contributed by atoms with van der Waals surface area (Å²) in [4.78, 5) is 18.6. The summed E-state index contributed by atoms with van der Waals surface area (Å²) < 4.78 is 5.20. The molecule has 1 atom stereocenters. The van der Waals surface area contributed by atoms with Crippen LogP contribution < -0.4 is 10.1 Å². The number of carbonyl (C=O) groups excluding carboxylic acids is 1. The second kappa shape index (κ2) is 6.58. The standard InChI is InChI=1S/C17H19N3O2/c1-22-15-4-2-13(3-5-15)16-12-19-10-11-20(16)17(21)14-6-8-18-9-7-14/h2-9,16,19H,10-12H2,1H3. The Bertz CT molecular complexity index is 628. The van der Waals surface area contributed by atoms with Crippen molar-refractivity contribution in [2.45, 2.75) is 6.04 Å². The topological polar surface area (TPSA) is 54.5 Å². The van der Waals surface area contributed by atoms with Gasteiger partial charge in [-0.1, -0.05) is 12.1 Å². The van der Waals surface area contributed by atoms with E-state index in [9.17, 15) is 4.79 Å². The number of methoxy groups -OCH3 is 1. The van der Waals surface area contributed by atoms with Crippen molar-refractivity contribution in [2.24, 2.45) is 0 Å². The van der Waals surface area contributed by atoms with Gasteiger partial charge in [-0.2, -0.15) is 0 Å². The van der Waals surface area contributed by atoms with Gasteiger partial charge in [0.05, 0.1) is 13.2 Å². The molecule has 1 aromatic heterocycles. The molecule has 1 unspecified atom stereocenters. The van der Waals surface area contributed by atoms with E-state index in [2.05, 4.69) is 10.3 Å². The molecule has 1 aromatic carbocycles. The molecule has 3 rings (SSSR count). The Morgan fingerprint density at radius 2 is 1.95 bits per heavy atom. The predicted octanol–water partition coefficient (Wildman–Crippen LogP) is 1.88. The van der Waals surface area contributed by atoms with Gasteiger partial charge in [-0.3, -0.25) is 9.78 Å². The molecule has 1 aliphatic heterocycles. The lowest BCUT2D eigenvalue weighted by Crippen LogP contribution is -2.48. The summed E-state index contributed by atoms with van der Waals surface area (Å²) in [5.41, 5.74) is 1.78. The van der Waals surface area contributed by atoms with Gasteiger partial charge in [-0.15, -0.1) is 0 Å². The van der Waals surface area contributed by atoms with E-state index in [-0.39, 0.29) is 11.9 Å². The number of aromatic nitrogens is 1. The number of benzene rings is 1. The maximum Gasteiger partial charge on any atom is 0.254 e. The molecule has 22 heavy (non-hydrogen) atoms. The number of ether oxygens (including phenoxy) is 1. The second-order valence-electron chi connectivity index (χ2n) is 5.23. The molecule has 1 N–H and O–H groups in total. The van der Waals surface area contributed by atoms with Gasteiger partial charge in [0.25, 0.3) is 5.91 Å². The highest BCUT2D eigenvalue weighted by molar-refractivity contribution is 5.94. The highest BCUT2D eigenvalue weighted by atomic mass is 16.5. The molecule has 5 heteroatoms. The van der Waals surface area contributed by atoms with Gasteiger partial charge < -0.3 is 15.0 Å². The van der Waals surface area contributed by atoms with Crippen molar-refractivity contribution >= 4 is 5.91 Å². The molecule has 2 heterocycles. The number of hydrogen-bond donors (Lipinski definition) is 1. The number of nitrogens with one attached hydrogen (secondary N) is 1. The van der Waals surface area contributed by atoms with E-state index < -0.39 is 0 Å². The Morgan fingerprint density at radius 3 is 2.64 bits per heavy atom. The summed E-state index contributed by atoms with van der Waals surface area (Å²) >= 11 is 0. The third-order valence-electron chi connectivity index (χ3n) is 3.93. The Hall–Kier alpha value is -2.40. The second-order valence-corrected chi connectivity index (χ2v) is 5.23. The van der Waals surface area contributed by atoms with Gasteiger partial charge >= 0.3 is 0 Å². The van der Waals surface area contributed by atoms with Crippen molar-refractivity contribution in [2.75, 3.05) is 26.7 Å². The Morgan fingerprint density at radius 1 is 1.23 bits per heavy atom. The van der Waals surface area contributed by atoms with Crippen LogP contribution in [0.4, 0.5) is 0 Å². The van der Waals surface area contributed by atoms with E-state index in [0.717, 1.165) is 24.4 Å². The quantitative estimate of drug-likeness (QED) is 0.940. The number of hydrogen-bond acceptors (Lipinski definition) is 4. The number of rotatable bonds is 3. The summed E-state index contributed by atoms with van der Waals surface area (Å²) in [6.07, 6.45) is 3.30. The van der Waals surface area contributed by atoms with Crippen LogP contribution in [0.15, 0.2) is 48.8 Å². The molecule has 1 amide bonds. The Kier molecular flexibility index (Phi) is 4.34. The first-order valence-corrected chi connectivity index (χ1v) is 7.35. The fraction of sp³-hybridized carbons (Fsp3) is 0.294. The molecule has 0 aliphatic carbocycles. The number of carbonyl (C=O) groups is 1. The lowest BCUT2D eigenvalue weighted by atomic mass is 10.0. The number of amides is 1. The summed E-state index contributed by atoms with van der Waals surface area (Å²) in [6, 6.07) is 11.4. The summed E-state index contributed by atoms with van der Waals surface area (Å²) in [5.74, 6) is 0.865. The molecular formula is C17H19N3O2. The van der Waals surface area contributed by atoms with Crippen molar-refractivity contribution in [3.8, 4) is 5.75 Å². The smallest absolute Gasteiger partial charge is 0.254 e. The minimum absolute atomic E-state index is 0.0281. The average molecular weight is 297 g/mol. The van der Waals surface area contributed by atoms with Gasteiger partial charge in [0.2, 0.25) is 0 Å². The SMILES string of the molecule is COc1ccc(C2CNCCN2C(=O)c2ccncc2)cc1. The number of pyridine rings is 1. The number of piperazine rings is 1. The lowest BCUT2D eigenvalue weighted by molar-refractivity contribution is 0.0634. The van der Waals surface area contributed by atoms with Crippen LogP contribution in [0, 0.1) is 0 Å². The summed E-state index contributed by atoms with van der Waals surface area (Å²) in [6.45, 7) is 2.25. The van der Waals surface area contributed by atoms with E-state index in [4.69, 9.17) is 4.74 Å². The molecule has 0 bridgehead atoms. The van der Waals surface area contributed by atoms with Crippen LogP contribution in [0.2, 0.25) is 0 Å². The van der Waals surface area contributed by atoms with Crippen molar-refractivity contribution in [1.29, 1.82) is 0 Å². The molecule has 1 saturated heterocycles. The minimum Gasteiger partial charge on any atom is -0.497 e. The molecule has 114 valence electrons. The van der Waals surface area contributed by atoms with Crippen molar-refractivity contribution in [3.63, 3.8) is 0 Å². The normalized spacial score (nSPS) is 18.0. The van der Waals surface area contributed by atoms with E-state index >= 15 is 0 Å². The first kappa shape index (κ1) is 14.5. The zero-order chi connectivity index (χ0) is 15.4. The van der Waals surface area contributed by atoms with Crippen molar-refractivity contribution in [3.05, 3.63) is 59.9 Å².